The van der Waals surface area contributed by atoms with Crippen molar-refractivity contribution < 1.29 is 4.79 Å². The zero-order chi connectivity index (χ0) is 27.1. The van der Waals surface area contributed by atoms with Gasteiger partial charge in [-0.1, -0.05) is 24.1 Å². The van der Waals surface area contributed by atoms with E-state index in [1.54, 1.807) is 60.0 Å². The van der Waals surface area contributed by atoms with Gasteiger partial charge in [0.1, 0.15) is 28.9 Å². The second-order valence-corrected chi connectivity index (χ2v) is 8.75. The Kier molecular flexibility index (Phi) is 5.61. The van der Waals surface area contributed by atoms with E-state index in [9.17, 15) is 9.59 Å². The van der Waals surface area contributed by atoms with Crippen LogP contribution in [0.4, 0.5) is 5.82 Å². The van der Waals surface area contributed by atoms with Crippen molar-refractivity contribution in [2.75, 3.05) is 5.73 Å². The van der Waals surface area contributed by atoms with Gasteiger partial charge in [0, 0.05) is 25.6 Å². The van der Waals surface area contributed by atoms with Gasteiger partial charge in [-0.3, -0.25) is 28.3 Å². The molecule has 1 amide bonds. The number of aromatic nitrogens is 9. The van der Waals surface area contributed by atoms with Crippen molar-refractivity contribution in [2.45, 2.75) is 13.0 Å². The standard InChI is InChI=1S/C26H21N11O2/c1-15(31-25(38)20-21(27)29-14-36-11-10-28-24(20)36)23-32-22-19(26(39)37(23)17-6-4-3-5-7-17)18(33-34-22)9-8-16-12-30-35(2)13-16/h3-7,10-15H,27H2,1-2H3,(H,31,38)(H,33,34)/t15-/m1/s1. The van der Waals surface area contributed by atoms with Gasteiger partial charge in [-0.25, -0.2) is 15.0 Å². The maximum Gasteiger partial charge on any atom is 0.270 e. The number of aromatic amines is 1. The predicted octanol–water partition coefficient (Wildman–Crippen LogP) is 1.36. The zero-order valence-electron chi connectivity index (χ0n) is 20.8. The second-order valence-electron chi connectivity index (χ2n) is 8.75. The van der Waals surface area contributed by atoms with Crippen LogP contribution in [0.3, 0.4) is 0 Å². The number of carbonyl (C=O) groups is 1. The highest BCUT2D eigenvalue weighted by Crippen LogP contribution is 2.21. The number of imidazole rings is 1. The molecule has 0 radical (unpaired) electrons. The number of hydrogen-bond donors (Lipinski definition) is 3. The molecule has 0 aliphatic rings. The SMILES string of the molecule is C[C@@H](NC(=O)c1c(N)ncn2ccnc12)c1nc2[nH]nc(C#Cc3cnn(C)c3)c2c(=O)n1-c1ccccc1. The van der Waals surface area contributed by atoms with Crippen LogP contribution in [0.2, 0.25) is 0 Å². The molecule has 6 aromatic rings. The van der Waals surface area contributed by atoms with Crippen LogP contribution < -0.4 is 16.6 Å². The topological polar surface area (TPSA) is 167 Å². The molecule has 0 aliphatic carbocycles. The molecule has 0 fully saturated rings. The summed E-state index contributed by atoms with van der Waals surface area (Å²) in [6, 6.07) is 8.29. The lowest BCUT2D eigenvalue weighted by molar-refractivity contribution is 0.0939. The lowest BCUT2D eigenvalue weighted by Gasteiger charge is -2.19. The number of fused-ring (bicyclic) bond motifs is 2. The zero-order valence-corrected chi connectivity index (χ0v) is 20.8. The number of carbonyl (C=O) groups excluding carboxylic acids is 1. The van der Waals surface area contributed by atoms with E-state index >= 15 is 0 Å². The quantitative estimate of drug-likeness (QED) is 0.294. The highest BCUT2D eigenvalue weighted by atomic mass is 16.2. The molecule has 13 nitrogen and oxygen atoms in total. The van der Waals surface area contributed by atoms with E-state index in [4.69, 9.17) is 10.7 Å². The molecule has 4 N–H and O–H groups in total. The van der Waals surface area contributed by atoms with Crippen LogP contribution in [0, 0.1) is 11.8 Å². The van der Waals surface area contributed by atoms with E-state index < -0.39 is 11.9 Å². The molecule has 13 heteroatoms. The van der Waals surface area contributed by atoms with E-state index in [-0.39, 0.29) is 39.5 Å². The maximum atomic E-state index is 13.9. The van der Waals surface area contributed by atoms with Gasteiger partial charge in [0.2, 0.25) is 0 Å². The highest BCUT2D eigenvalue weighted by Gasteiger charge is 2.25. The minimum Gasteiger partial charge on any atom is -0.383 e. The van der Waals surface area contributed by atoms with Crippen LogP contribution in [0.5, 0.6) is 0 Å². The number of aryl methyl sites for hydroxylation is 1. The largest absolute Gasteiger partial charge is 0.383 e. The van der Waals surface area contributed by atoms with Gasteiger partial charge in [0.15, 0.2) is 17.0 Å². The number of nitrogen functional groups attached to an aromatic ring is 1. The molecule has 1 aromatic carbocycles. The summed E-state index contributed by atoms with van der Waals surface area (Å²) in [6.45, 7) is 1.72. The Labute approximate surface area is 220 Å². The van der Waals surface area contributed by atoms with Crippen molar-refractivity contribution in [2.24, 2.45) is 7.05 Å². The summed E-state index contributed by atoms with van der Waals surface area (Å²) in [7, 11) is 1.79. The number of nitrogens with one attached hydrogen (secondary N) is 2. The van der Waals surface area contributed by atoms with Crippen LogP contribution >= 0.6 is 0 Å². The third kappa shape index (κ3) is 4.15. The summed E-state index contributed by atoms with van der Waals surface area (Å²) in [4.78, 5) is 40.3. The highest BCUT2D eigenvalue weighted by molar-refractivity contribution is 6.04. The van der Waals surface area contributed by atoms with Crippen molar-refractivity contribution >= 4 is 28.4 Å². The van der Waals surface area contributed by atoms with Crippen molar-refractivity contribution in [3.63, 3.8) is 0 Å². The molecular formula is C26H21N11O2. The molecule has 6 rings (SSSR count). The fraction of sp³-hybridized carbons (Fsp3) is 0.115. The van der Waals surface area contributed by atoms with Crippen LogP contribution in [0.25, 0.3) is 22.4 Å². The summed E-state index contributed by atoms with van der Waals surface area (Å²) < 4.78 is 4.67. The van der Waals surface area contributed by atoms with Crippen LogP contribution in [0.15, 0.2) is 66.2 Å². The molecule has 192 valence electrons. The minimum absolute atomic E-state index is 0.0349. The number of nitrogens with zero attached hydrogens (tertiary/aromatic N) is 8. The maximum absolute atomic E-state index is 13.9. The number of nitrogens with two attached hydrogens (primary N) is 1. The smallest absolute Gasteiger partial charge is 0.270 e. The molecule has 1 atom stereocenters. The normalized spacial score (nSPS) is 11.8. The summed E-state index contributed by atoms with van der Waals surface area (Å²) in [6.07, 6.45) is 8.07. The fourth-order valence-electron chi connectivity index (χ4n) is 4.28. The third-order valence-electron chi connectivity index (χ3n) is 6.10. The Morgan fingerprint density at radius 1 is 1.18 bits per heavy atom. The Balaban J connectivity index is 1.46. The van der Waals surface area contributed by atoms with Crippen molar-refractivity contribution in [3.8, 4) is 17.5 Å². The van der Waals surface area contributed by atoms with E-state index in [0.717, 1.165) is 0 Å². The Hall–Kier alpha value is -5.77. The number of para-hydroxylation sites is 1. The van der Waals surface area contributed by atoms with E-state index in [0.29, 0.717) is 16.9 Å². The first-order valence-electron chi connectivity index (χ1n) is 11.9. The molecule has 5 heterocycles. The molecular weight excluding hydrogens is 498 g/mol. The third-order valence-corrected chi connectivity index (χ3v) is 6.10. The summed E-state index contributed by atoms with van der Waals surface area (Å²) in [5, 5.41) is 14.3. The Morgan fingerprint density at radius 2 is 2.00 bits per heavy atom. The van der Waals surface area contributed by atoms with E-state index in [2.05, 4.69) is 42.4 Å². The van der Waals surface area contributed by atoms with Crippen LogP contribution in [0.1, 0.15) is 40.4 Å². The van der Waals surface area contributed by atoms with Crippen molar-refractivity contribution in [1.82, 2.24) is 49.2 Å². The van der Waals surface area contributed by atoms with Gasteiger partial charge in [-0.2, -0.15) is 10.2 Å². The molecule has 0 spiro atoms. The average Bonchev–Trinajstić information content (AvgIpc) is 3.67. The molecule has 0 unspecified atom stereocenters. The van der Waals surface area contributed by atoms with E-state index in [1.807, 2.05) is 18.2 Å². The summed E-state index contributed by atoms with van der Waals surface area (Å²) >= 11 is 0. The van der Waals surface area contributed by atoms with Gasteiger partial charge in [-0.05, 0) is 25.0 Å². The molecule has 39 heavy (non-hydrogen) atoms. The number of H-pyrrole nitrogens is 1. The molecule has 0 bridgehead atoms. The first-order chi connectivity index (χ1) is 18.9. The number of amides is 1. The summed E-state index contributed by atoms with van der Waals surface area (Å²) in [5.41, 5.74) is 7.87. The van der Waals surface area contributed by atoms with Crippen LogP contribution in [-0.2, 0) is 7.05 Å². The first-order valence-corrected chi connectivity index (χ1v) is 11.9. The van der Waals surface area contributed by atoms with Gasteiger partial charge in [0.25, 0.3) is 11.5 Å². The fourth-order valence-corrected chi connectivity index (χ4v) is 4.28. The molecule has 0 aliphatic heterocycles. The summed E-state index contributed by atoms with van der Waals surface area (Å²) in [5.74, 6) is 5.72. The average molecular weight is 520 g/mol. The lowest BCUT2D eigenvalue weighted by atomic mass is 10.2. The number of benzene rings is 1. The molecule has 5 aromatic heterocycles. The van der Waals surface area contributed by atoms with Crippen molar-refractivity contribution in [3.05, 3.63) is 94.4 Å². The van der Waals surface area contributed by atoms with Crippen molar-refractivity contribution in [1.29, 1.82) is 0 Å². The molecule has 0 saturated heterocycles. The van der Waals surface area contributed by atoms with Gasteiger partial charge < -0.3 is 11.1 Å². The lowest BCUT2D eigenvalue weighted by Crippen LogP contribution is -2.34. The second kappa shape index (κ2) is 9.27. The number of rotatable bonds is 4. The van der Waals surface area contributed by atoms with Gasteiger partial charge in [-0.15, -0.1) is 0 Å². The minimum atomic E-state index is -0.724. The van der Waals surface area contributed by atoms with Gasteiger partial charge >= 0.3 is 0 Å². The number of anilines is 1. The first kappa shape index (κ1) is 23.6. The van der Waals surface area contributed by atoms with Gasteiger partial charge in [0.05, 0.1) is 23.5 Å². The van der Waals surface area contributed by atoms with E-state index in [1.165, 1.54) is 10.9 Å². The number of hydrogen-bond acceptors (Lipinski definition) is 8. The van der Waals surface area contributed by atoms with Crippen LogP contribution in [-0.4, -0.2) is 49.8 Å². The Morgan fingerprint density at radius 3 is 2.77 bits per heavy atom. The molecule has 0 saturated carbocycles. The Bertz CT molecular complexity index is 1990. The monoisotopic (exact) mass is 519 g/mol. The predicted molar refractivity (Wildman–Crippen MR) is 142 cm³/mol.